The molecule has 0 saturated carbocycles. The van der Waals surface area contributed by atoms with Gasteiger partial charge in [0, 0.05) is 51.3 Å². The maximum Gasteiger partial charge on any atom is 0.272 e. The van der Waals surface area contributed by atoms with Crippen molar-refractivity contribution >= 4 is 38.9 Å². The van der Waals surface area contributed by atoms with Gasteiger partial charge in [0.2, 0.25) is 11.7 Å². The molecule has 0 bridgehead atoms. The second-order valence-corrected chi connectivity index (χ2v) is 9.81. The Kier molecular flexibility index (Phi) is 6.81. The Labute approximate surface area is 206 Å². The number of carbonyl (C=O) groups is 1. The average molecular weight is 497 g/mol. The van der Waals surface area contributed by atoms with Crippen LogP contribution in [0.1, 0.15) is 38.4 Å². The highest BCUT2D eigenvalue weighted by molar-refractivity contribution is 7.17. The van der Waals surface area contributed by atoms with Gasteiger partial charge >= 0.3 is 0 Å². The number of carbonyl (C=O) groups excluding carboxylic acids is 1. The third-order valence-corrected chi connectivity index (χ3v) is 7.54. The second kappa shape index (κ2) is 10.2. The lowest BCUT2D eigenvalue weighted by Crippen LogP contribution is -2.48. The third-order valence-electron chi connectivity index (χ3n) is 6.65. The molecule has 1 fully saturated rings. The Bertz CT molecular complexity index is 1380. The van der Waals surface area contributed by atoms with Gasteiger partial charge in [0.05, 0.1) is 5.52 Å². The molecule has 0 atom stereocenters. The Hall–Kier alpha value is -3.27. The number of fused-ring (bicyclic) bond motifs is 3. The number of amides is 1. The summed E-state index contributed by atoms with van der Waals surface area (Å²) in [5.74, 6) is 1.08. The molecule has 8 nitrogen and oxygen atoms in total. The molecule has 4 heterocycles. The Morgan fingerprint density at radius 3 is 2.57 bits per heavy atom. The van der Waals surface area contributed by atoms with Crippen molar-refractivity contribution in [3.63, 3.8) is 0 Å². The SMILES string of the molecule is CCCCCn1c(=O)c2sccc2n2c(CCC(=O)N3CCN(c4ccc(F)cc4)CC3)nnc12. The van der Waals surface area contributed by atoms with Gasteiger partial charge in [0.15, 0.2) is 0 Å². The highest BCUT2D eigenvalue weighted by Gasteiger charge is 2.23. The first-order valence-corrected chi connectivity index (χ1v) is 13.1. The normalized spacial score (nSPS) is 14.3. The van der Waals surface area contributed by atoms with Crippen molar-refractivity contribution in [2.45, 2.75) is 45.6 Å². The van der Waals surface area contributed by atoms with Crippen LogP contribution in [-0.4, -0.2) is 56.2 Å². The molecule has 10 heteroatoms. The van der Waals surface area contributed by atoms with Gasteiger partial charge in [-0.1, -0.05) is 19.8 Å². The topological polar surface area (TPSA) is 75.7 Å². The zero-order chi connectivity index (χ0) is 24.4. The van der Waals surface area contributed by atoms with Crippen LogP contribution in [0.15, 0.2) is 40.5 Å². The third kappa shape index (κ3) is 4.67. The molecule has 3 aromatic heterocycles. The predicted octanol–water partition coefficient (Wildman–Crippen LogP) is 3.72. The largest absolute Gasteiger partial charge is 0.368 e. The number of hydrogen-bond donors (Lipinski definition) is 0. The number of nitrogens with zero attached hydrogens (tertiary/aromatic N) is 6. The minimum absolute atomic E-state index is 0.0207. The van der Waals surface area contributed by atoms with E-state index in [1.165, 1.54) is 23.5 Å². The average Bonchev–Trinajstić information content (AvgIpc) is 3.53. The van der Waals surface area contributed by atoms with Gasteiger partial charge in [-0.25, -0.2) is 4.39 Å². The molecule has 184 valence electrons. The molecule has 1 aliphatic rings. The fourth-order valence-electron chi connectivity index (χ4n) is 4.71. The van der Waals surface area contributed by atoms with E-state index in [1.807, 2.05) is 20.7 Å². The van der Waals surface area contributed by atoms with E-state index >= 15 is 0 Å². The van der Waals surface area contributed by atoms with Crippen LogP contribution in [0.2, 0.25) is 0 Å². The molecule has 5 rings (SSSR count). The lowest BCUT2D eigenvalue weighted by Gasteiger charge is -2.36. The predicted molar refractivity (Wildman–Crippen MR) is 136 cm³/mol. The molecule has 4 aromatic rings. The van der Waals surface area contributed by atoms with Crippen LogP contribution < -0.4 is 10.5 Å². The lowest BCUT2D eigenvalue weighted by atomic mass is 10.2. The quantitative estimate of drug-likeness (QED) is 0.348. The molecule has 0 aliphatic carbocycles. The molecule has 0 spiro atoms. The van der Waals surface area contributed by atoms with Gasteiger partial charge in [0.1, 0.15) is 16.3 Å². The number of thiophene rings is 1. The number of halogens is 1. The van der Waals surface area contributed by atoms with E-state index in [0.29, 0.717) is 61.9 Å². The van der Waals surface area contributed by atoms with E-state index < -0.39 is 0 Å². The number of benzene rings is 1. The van der Waals surface area contributed by atoms with Gasteiger partial charge in [-0.2, -0.15) is 0 Å². The summed E-state index contributed by atoms with van der Waals surface area (Å²) in [7, 11) is 0. The van der Waals surface area contributed by atoms with E-state index in [-0.39, 0.29) is 17.3 Å². The number of aromatic nitrogens is 4. The summed E-state index contributed by atoms with van der Waals surface area (Å²) in [6.45, 7) is 5.43. The Morgan fingerprint density at radius 1 is 1.06 bits per heavy atom. The van der Waals surface area contributed by atoms with Crippen LogP contribution in [0.25, 0.3) is 16.0 Å². The summed E-state index contributed by atoms with van der Waals surface area (Å²) in [5, 5.41) is 10.6. The maximum absolute atomic E-state index is 13.2. The summed E-state index contributed by atoms with van der Waals surface area (Å²) in [6, 6.07) is 8.40. The van der Waals surface area contributed by atoms with Gasteiger partial charge in [0.25, 0.3) is 5.56 Å². The zero-order valence-corrected chi connectivity index (χ0v) is 20.6. The molecular weight excluding hydrogens is 467 g/mol. The van der Waals surface area contributed by atoms with Crippen molar-refractivity contribution < 1.29 is 9.18 Å². The number of unbranched alkanes of at least 4 members (excludes halogenated alkanes) is 2. The maximum atomic E-state index is 13.2. The summed E-state index contributed by atoms with van der Waals surface area (Å²) in [6.07, 6.45) is 3.82. The number of anilines is 1. The molecule has 0 unspecified atom stereocenters. The van der Waals surface area contributed by atoms with E-state index in [9.17, 15) is 14.0 Å². The van der Waals surface area contributed by atoms with Crippen LogP contribution in [0.4, 0.5) is 10.1 Å². The summed E-state index contributed by atoms with van der Waals surface area (Å²) >= 11 is 1.43. The van der Waals surface area contributed by atoms with Crippen LogP contribution in [-0.2, 0) is 17.8 Å². The highest BCUT2D eigenvalue weighted by Crippen LogP contribution is 2.21. The zero-order valence-electron chi connectivity index (χ0n) is 19.8. The summed E-state index contributed by atoms with van der Waals surface area (Å²) in [4.78, 5) is 30.1. The molecule has 1 aliphatic heterocycles. The molecular formula is C25H29FN6O2S. The first-order chi connectivity index (χ1) is 17.1. The second-order valence-electron chi connectivity index (χ2n) is 8.89. The number of piperazine rings is 1. The number of hydrogen-bond acceptors (Lipinski definition) is 6. The molecule has 0 N–H and O–H groups in total. The van der Waals surface area contributed by atoms with Crippen molar-refractivity contribution in [3.05, 3.63) is 57.7 Å². The minimum atomic E-state index is -0.249. The molecule has 1 aromatic carbocycles. The van der Waals surface area contributed by atoms with Crippen LogP contribution in [0.3, 0.4) is 0 Å². The van der Waals surface area contributed by atoms with Gasteiger partial charge < -0.3 is 9.80 Å². The molecule has 35 heavy (non-hydrogen) atoms. The molecule has 1 saturated heterocycles. The van der Waals surface area contributed by atoms with E-state index in [0.717, 1.165) is 30.5 Å². The van der Waals surface area contributed by atoms with Crippen molar-refractivity contribution in [2.24, 2.45) is 0 Å². The monoisotopic (exact) mass is 496 g/mol. The van der Waals surface area contributed by atoms with Crippen molar-refractivity contribution in [2.75, 3.05) is 31.1 Å². The molecule has 1 amide bonds. The standard InChI is InChI=1S/C25H29FN6O2S/c1-2-3-4-12-31-24(34)23-20(11-17-35-23)32-21(27-28-25(31)32)9-10-22(33)30-15-13-29(14-16-30)19-7-5-18(26)6-8-19/h5-8,11,17H,2-4,9-10,12-16H2,1H3. The summed E-state index contributed by atoms with van der Waals surface area (Å²) in [5.41, 5.74) is 1.76. The number of aryl methyl sites for hydroxylation is 2. The van der Waals surface area contributed by atoms with Crippen LogP contribution >= 0.6 is 11.3 Å². The minimum Gasteiger partial charge on any atom is -0.368 e. The Balaban J connectivity index is 1.28. The van der Waals surface area contributed by atoms with E-state index in [4.69, 9.17) is 0 Å². The fraction of sp³-hybridized carbons (Fsp3) is 0.440. The Morgan fingerprint density at radius 2 is 1.83 bits per heavy atom. The van der Waals surface area contributed by atoms with Crippen LogP contribution in [0.5, 0.6) is 0 Å². The highest BCUT2D eigenvalue weighted by atomic mass is 32.1. The van der Waals surface area contributed by atoms with Crippen molar-refractivity contribution in [3.8, 4) is 0 Å². The smallest absolute Gasteiger partial charge is 0.272 e. The van der Waals surface area contributed by atoms with Crippen molar-refractivity contribution in [1.82, 2.24) is 24.1 Å². The lowest BCUT2D eigenvalue weighted by molar-refractivity contribution is -0.131. The first-order valence-electron chi connectivity index (χ1n) is 12.2. The fourth-order valence-corrected chi connectivity index (χ4v) is 5.53. The first kappa shape index (κ1) is 23.5. The molecule has 0 radical (unpaired) electrons. The van der Waals surface area contributed by atoms with Gasteiger partial charge in [-0.15, -0.1) is 21.5 Å². The van der Waals surface area contributed by atoms with Gasteiger partial charge in [-0.05, 0) is 42.1 Å². The van der Waals surface area contributed by atoms with Gasteiger partial charge in [-0.3, -0.25) is 18.6 Å². The van der Waals surface area contributed by atoms with Crippen molar-refractivity contribution in [1.29, 1.82) is 0 Å². The van der Waals surface area contributed by atoms with E-state index in [1.54, 1.807) is 16.7 Å². The number of rotatable bonds is 8. The van der Waals surface area contributed by atoms with Crippen LogP contribution in [0, 0.1) is 5.82 Å². The summed E-state index contributed by atoms with van der Waals surface area (Å²) < 4.78 is 17.6. The van der Waals surface area contributed by atoms with E-state index in [2.05, 4.69) is 22.0 Å².